The molecule has 5 nitrogen and oxygen atoms in total. The topological polar surface area (TPSA) is 61.8 Å². The first-order valence-corrected chi connectivity index (χ1v) is 5.59. The number of ether oxygens (including phenoxy) is 3. The Morgan fingerprint density at radius 1 is 1.00 bits per heavy atom. The van der Waals surface area contributed by atoms with Crippen LogP contribution in [0.4, 0.5) is 0 Å². The first kappa shape index (κ1) is 14.9. The summed E-state index contributed by atoms with van der Waals surface area (Å²) in [6.07, 6.45) is -0.211. The highest BCUT2D eigenvalue weighted by atomic mass is 16.6. The number of rotatable bonds is 8. The molecule has 16 heavy (non-hydrogen) atoms. The monoisotopic (exact) mass is 232 g/mol. The molecular weight excluding hydrogens is 212 g/mol. The summed E-state index contributed by atoms with van der Waals surface area (Å²) in [6.45, 7) is 6.32. The van der Waals surface area contributed by atoms with Crippen LogP contribution in [-0.4, -0.2) is 37.9 Å². The summed E-state index contributed by atoms with van der Waals surface area (Å²) in [5.41, 5.74) is 0. The van der Waals surface area contributed by atoms with Gasteiger partial charge in [0.1, 0.15) is 0 Å². The molecule has 0 amide bonds. The van der Waals surface area contributed by atoms with Crippen LogP contribution in [-0.2, 0) is 23.8 Å². The third-order valence-corrected chi connectivity index (χ3v) is 1.83. The Bertz CT molecular complexity index is 214. The molecule has 0 aliphatic heterocycles. The molecule has 0 aromatic heterocycles. The van der Waals surface area contributed by atoms with Gasteiger partial charge in [-0.2, -0.15) is 0 Å². The lowest BCUT2D eigenvalue weighted by Gasteiger charge is -2.14. The molecule has 0 heterocycles. The zero-order chi connectivity index (χ0) is 12.4. The number of hydrogen-bond acceptors (Lipinski definition) is 5. The number of carbonyl (C=O) groups is 2. The molecule has 94 valence electrons. The average Bonchev–Trinajstić information content (AvgIpc) is 2.24. The van der Waals surface area contributed by atoms with Crippen molar-refractivity contribution in [1.82, 2.24) is 0 Å². The van der Waals surface area contributed by atoms with Crippen LogP contribution < -0.4 is 0 Å². The molecule has 0 N–H and O–H groups in total. The van der Waals surface area contributed by atoms with Crippen molar-refractivity contribution < 1.29 is 23.8 Å². The second-order valence-electron chi connectivity index (χ2n) is 3.04. The molecule has 0 saturated heterocycles. The fourth-order valence-electron chi connectivity index (χ4n) is 1.19. The Hall–Kier alpha value is -1.10. The number of esters is 2. The standard InChI is InChI=1S/C11H20O5/c1-4-14-9(11(13)16-6-3)7-8-10(12)15-5-2/h9H,4-8H2,1-3H3. The minimum atomic E-state index is -0.672. The minimum absolute atomic E-state index is 0.164. The van der Waals surface area contributed by atoms with Crippen molar-refractivity contribution in [3.05, 3.63) is 0 Å². The van der Waals surface area contributed by atoms with Crippen molar-refractivity contribution in [3.63, 3.8) is 0 Å². The van der Waals surface area contributed by atoms with Gasteiger partial charge in [0.15, 0.2) is 6.10 Å². The minimum Gasteiger partial charge on any atom is -0.466 e. The fraction of sp³-hybridized carbons (Fsp3) is 0.818. The zero-order valence-electron chi connectivity index (χ0n) is 10.2. The second-order valence-corrected chi connectivity index (χ2v) is 3.04. The molecule has 0 radical (unpaired) electrons. The first-order chi connectivity index (χ1) is 7.65. The van der Waals surface area contributed by atoms with E-state index < -0.39 is 12.1 Å². The molecule has 0 bridgehead atoms. The normalized spacial score (nSPS) is 11.9. The quantitative estimate of drug-likeness (QED) is 0.590. The van der Waals surface area contributed by atoms with Crippen molar-refractivity contribution in [2.45, 2.75) is 39.7 Å². The summed E-state index contributed by atoms with van der Waals surface area (Å²) in [7, 11) is 0. The summed E-state index contributed by atoms with van der Waals surface area (Å²) in [5.74, 6) is -0.745. The molecule has 0 aliphatic carbocycles. The van der Waals surface area contributed by atoms with Gasteiger partial charge in [0.05, 0.1) is 13.2 Å². The van der Waals surface area contributed by atoms with E-state index >= 15 is 0 Å². The van der Waals surface area contributed by atoms with E-state index in [-0.39, 0.29) is 12.4 Å². The van der Waals surface area contributed by atoms with Crippen LogP contribution in [0.25, 0.3) is 0 Å². The maximum Gasteiger partial charge on any atom is 0.335 e. The highest BCUT2D eigenvalue weighted by molar-refractivity contribution is 5.76. The highest BCUT2D eigenvalue weighted by Crippen LogP contribution is 2.06. The van der Waals surface area contributed by atoms with Crippen LogP contribution in [0.5, 0.6) is 0 Å². The van der Waals surface area contributed by atoms with Crippen LogP contribution in [0.2, 0.25) is 0 Å². The van der Waals surface area contributed by atoms with E-state index in [1.807, 2.05) is 0 Å². The largest absolute Gasteiger partial charge is 0.466 e. The van der Waals surface area contributed by atoms with Gasteiger partial charge >= 0.3 is 11.9 Å². The smallest absolute Gasteiger partial charge is 0.335 e. The molecule has 0 spiro atoms. The van der Waals surface area contributed by atoms with Gasteiger partial charge in [0.25, 0.3) is 0 Å². The Morgan fingerprint density at radius 3 is 2.12 bits per heavy atom. The van der Waals surface area contributed by atoms with Crippen LogP contribution in [0, 0.1) is 0 Å². The van der Waals surface area contributed by atoms with Gasteiger partial charge in [0, 0.05) is 13.0 Å². The Kier molecular flexibility index (Phi) is 8.52. The van der Waals surface area contributed by atoms with Gasteiger partial charge in [-0.25, -0.2) is 4.79 Å². The molecule has 0 saturated carbocycles. The van der Waals surface area contributed by atoms with Gasteiger partial charge in [-0.3, -0.25) is 4.79 Å². The van der Waals surface area contributed by atoms with Crippen LogP contribution in [0.1, 0.15) is 33.6 Å². The molecule has 5 heteroatoms. The van der Waals surface area contributed by atoms with Gasteiger partial charge < -0.3 is 14.2 Å². The fourth-order valence-corrected chi connectivity index (χ4v) is 1.19. The van der Waals surface area contributed by atoms with Gasteiger partial charge in [0.2, 0.25) is 0 Å². The van der Waals surface area contributed by atoms with E-state index in [9.17, 15) is 9.59 Å². The maximum absolute atomic E-state index is 11.4. The summed E-state index contributed by atoms with van der Waals surface area (Å²) in [5, 5.41) is 0. The molecule has 0 aromatic carbocycles. The van der Waals surface area contributed by atoms with Crippen molar-refractivity contribution in [1.29, 1.82) is 0 Å². The maximum atomic E-state index is 11.4. The molecule has 0 aromatic rings. The van der Waals surface area contributed by atoms with E-state index in [1.165, 1.54) is 0 Å². The molecular formula is C11H20O5. The summed E-state index contributed by atoms with van der Waals surface area (Å²) in [4.78, 5) is 22.5. The zero-order valence-corrected chi connectivity index (χ0v) is 10.2. The predicted molar refractivity (Wildman–Crippen MR) is 57.9 cm³/mol. The molecule has 1 unspecified atom stereocenters. The number of carbonyl (C=O) groups excluding carboxylic acids is 2. The molecule has 1 atom stereocenters. The van der Waals surface area contributed by atoms with Gasteiger partial charge in [-0.1, -0.05) is 0 Å². The predicted octanol–water partition coefficient (Wildman–Crippen LogP) is 1.30. The first-order valence-electron chi connectivity index (χ1n) is 5.59. The van der Waals surface area contributed by atoms with Crippen LogP contribution in [0.3, 0.4) is 0 Å². The van der Waals surface area contributed by atoms with Crippen molar-refractivity contribution in [2.24, 2.45) is 0 Å². The third kappa shape index (κ3) is 6.40. The highest BCUT2D eigenvalue weighted by Gasteiger charge is 2.21. The summed E-state index contributed by atoms with van der Waals surface area (Å²) >= 11 is 0. The van der Waals surface area contributed by atoms with E-state index in [4.69, 9.17) is 14.2 Å². The summed E-state index contributed by atoms with van der Waals surface area (Å²) < 4.78 is 14.8. The average molecular weight is 232 g/mol. The Morgan fingerprint density at radius 2 is 1.62 bits per heavy atom. The van der Waals surface area contributed by atoms with Crippen molar-refractivity contribution in [2.75, 3.05) is 19.8 Å². The second kappa shape index (κ2) is 9.15. The summed E-state index contributed by atoms with van der Waals surface area (Å²) in [6, 6.07) is 0. The van der Waals surface area contributed by atoms with Crippen LogP contribution >= 0.6 is 0 Å². The Balaban J connectivity index is 4.02. The van der Waals surface area contributed by atoms with Crippen molar-refractivity contribution >= 4 is 11.9 Å². The van der Waals surface area contributed by atoms with Gasteiger partial charge in [-0.15, -0.1) is 0 Å². The van der Waals surface area contributed by atoms with E-state index in [1.54, 1.807) is 20.8 Å². The lowest BCUT2D eigenvalue weighted by atomic mass is 10.2. The van der Waals surface area contributed by atoms with E-state index in [0.29, 0.717) is 26.2 Å². The van der Waals surface area contributed by atoms with E-state index in [0.717, 1.165) is 0 Å². The third-order valence-electron chi connectivity index (χ3n) is 1.83. The molecule has 0 aliphatic rings. The SMILES string of the molecule is CCOC(=O)CCC(OCC)C(=O)OCC. The molecule has 0 rings (SSSR count). The Labute approximate surface area is 96.1 Å². The molecule has 0 fully saturated rings. The van der Waals surface area contributed by atoms with Gasteiger partial charge in [-0.05, 0) is 27.2 Å². The number of hydrogen-bond donors (Lipinski definition) is 0. The van der Waals surface area contributed by atoms with Crippen molar-refractivity contribution in [3.8, 4) is 0 Å². The lowest BCUT2D eigenvalue weighted by Crippen LogP contribution is -2.27. The lowest BCUT2D eigenvalue weighted by molar-refractivity contribution is -0.157. The van der Waals surface area contributed by atoms with E-state index in [2.05, 4.69) is 0 Å². The van der Waals surface area contributed by atoms with Crippen LogP contribution in [0.15, 0.2) is 0 Å².